The van der Waals surface area contributed by atoms with Crippen molar-refractivity contribution in [1.29, 1.82) is 0 Å². The van der Waals surface area contributed by atoms with Crippen LogP contribution in [0.5, 0.6) is 0 Å². The quantitative estimate of drug-likeness (QED) is 0.436. The largest absolute Gasteiger partial charge is 0.464 e. The van der Waals surface area contributed by atoms with Crippen LogP contribution < -0.4 is 5.32 Å². The van der Waals surface area contributed by atoms with Crippen molar-refractivity contribution in [3.05, 3.63) is 35.9 Å². The predicted molar refractivity (Wildman–Crippen MR) is 111 cm³/mol. The number of esters is 1. The van der Waals surface area contributed by atoms with Gasteiger partial charge in [0.05, 0.1) is 16.8 Å². The number of amides is 2. The highest BCUT2D eigenvalue weighted by Gasteiger charge is 2.44. The molecular weight excluding hydrogens is 404 g/mol. The van der Waals surface area contributed by atoms with Crippen molar-refractivity contribution in [2.45, 2.75) is 63.9 Å². The molecule has 2 amide bonds. The predicted octanol–water partition coefficient (Wildman–Crippen LogP) is 2.74. The molecule has 1 aromatic carbocycles. The molecule has 8 nitrogen and oxygen atoms in total. The van der Waals surface area contributed by atoms with Crippen molar-refractivity contribution in [3.63, 3.8) is 0 Å². The molecule has 1 heterocycles. The van der Waals surface area contributed by atoms with E-state index in [2.05, 4.69) is 15.6 Å². The molecule has 0 aromatic heterocycles. The van der Waals surface area contributed by atoms with E-state index < -0.39 is 35.0 Å². The van der Waals surface area contributed by atoms with Crippen LogP contribution in [0, 0.1) is 0 Å². The van der Waals surface area contributed by atoms with Gasteiger partial charge in [-0.1, -0.05) is 30.3 Å². The first-order valence-corrected chi connectivity index (χ1v) is 10.4. The van der Waals surface area contributed by atoms with Crippen LogP contribution in [0.3, 0.4) is 0 Å². The lowest BCUT2D eigenvalue weighted by molar-refractivity contribution is -0.151. The highest BCUT2D eigenvalue weighted by Crippen LogP contribution is 2.26. The van der Waals surface area contributed by atoms with E-state index in [0.29, 0.717) is 12.8 Å². The van der Waals surface area contributed by atoms with Crippen LogP contribution in [-0.2, 0) is 25.6 Å². The molecule has 0 spiro atoms. The zero-order valence-electron chi connectivity index (χ0n) is 17.9. The van der Waals surface area contributed by atoms with Crippen LogP contribution in [0.1, 0.15) is 46.1 Å². The summed E-state index contributed by atoms with van der Waals surface area (Å²) in [5, 5.41) is 1.79. The van der Waals surface area contributed by atoms with Gasteiger partial charge in [0.2, 0.25) is 0 Å². The molecule has 0 aliphatic carbocycles. The van der Waals surface area contributed by atoms with Gasteiger partial charge < -0.3 is 19.5 Å². The summed E-state index contributed by atoms with van der Waals surface area (Å²) in [4.78, 5) is 38.7. The normalized spacial score (nSPS) is 21.5. The van der Waals surface area contributed by atoms with Crippen LogP contribution in [0.15, 0.2) is 30.3 Å². The third-order valence-electron chi connectivity index (χ3n) is 4.40. The lowest BCUT2D eigenvalue weighted by Crippen LogP contribution is -2.64. The number of nitrogens with one attached hydrogen (secondary N) is 1. The Balaban J connectivity index is 2.06. The van der Waals surface area contributed by atoms with Gasteiger partial charge in [-0.05, 0) is 46.1 Å². The first-order valence-electron chi connectivity index (χ1n) is 9.93. The maximum Gasteiger partial charge on any atom is 0.411 e. The average molecular weight is 434 g/mol. The Hall–Kier alpha value is -2.55. The van der Waals surface area contributed by atoms with Crippen molar-refractivity contribution in [1.82, 2.24) is 10.2 Å². The second-order valence-corrected chi connectivity index (χ2v) is 9.14. The second-order valence-electron chi connectivity index (χ2n) is 8.18. The molecule has 2 atom stereocenters. The zero-order valence-corrected chi connectivity index (χ0v) is 18.9. The van der Waals surface area contributed by atoms with E-state index in [1.54, 1.807) is 27.7 Å². The van der Waals surface area contributed by atoms with Gasteiger partial charge in [0.1, 0.15) is 18.2 Å². The smallest absolute Gasteiger partial charge is 0.411 e. The van der Waals surface area contributed by atoms with Crippen LogP contribution in [0.25, 0.3) is 0 Å². The van der Waals surface area contributed by atoms with Gasteiger partial charge in [0.15, 0.2) is 0 Å². The molecule has 1 aliphatic rings. The molecule has 1 saturated heterocycles. The van der Waals surface area contributed by atoms with E-state index in [0.717, 1.165) is 5.56 Å². The number of carbonyl (C=O) groups is 3. The minimum absolute atomic E-state index is 0.0166. The summed E-state index contributed by atoms with van der Waals surface area (Å²) in [5.41, 5.74) is 0.126. The van der Waals surface area contributed by atoms with Crippen molar-refractivity contribution in [2.75, 3.05) is 13.2 Å². The Kier molecular flexibility index (Phi) is 7.88. The maximum atomic E-state index is 12.7. The molecule has 9 heteroatoms. The average Bonchev–Trinajstić information content (AvgIpc) is 2.65. The third-order valence-corrected chi connectivity index (χ3v) is 4.93. The van der Waals surface area contributed by atoms with Crippen molar-refractivity contribution < 1.29 is 28.6 Å². The Labute approximate surface area is 180 Å². The van der Waals surface area contributed by atoms with Crippen LogP contribution in [-0.4, -0.2) is 63.3 Å². The fraction of sp³-hybridized carbons (Fsp3) is 0.571. The summed E-state index contributed by atoms with van der Waals surface area (Å²) in [5.74, 6) is -0.497. The Morgan fingerprint density at radius 3 is 2.47 bits per heavy atom. The van der Waals surface area contributed by atoms with Gasteiger partial charge in [-0.25, -0.2) is 14.4 Å². The van der Waals surface area contributed by atoms with E-state index in [4.69, 9.17) is 14.2 Å². The molecule has 1 aromatic rings. The summed E-state index contributed by atoms with van der Waals surface area (Å²) in [7, 11) is 3.58. The SMILES string of the molecule is CCOC(=O)[C@H]1CC[C@@]([Si])(NC(=O)OCc2ccccc2)CN1C(=O)OC(C)(C)C. The number of ether oxygens (including phenoxy) is 3. The summed E-state index contributed by atoms with van der Waals surface area (Å²) in [6.07, 6.45) is -0.594. The van der Waals surface area contributed by atoms with E-state index in [1.807, 2.05) is 30.3 Å². The minimum atomic E-state index is -0.965. The van der Waals surface area contributed by atoms with Crippen LogP contribution in [0.2, 0.25) is 0 Å². The summed E-state index contributed by atoms with van der Waals surface area (Å²) in [6, 6.07) is 8.52. The molecule has 0 bridgehead atoms. The molecule has 1 fully saturated rings. The van der Waals surface area contributed by atoms with Crippen LogP contribution in [0.4, 0.5) is 9.59 Å². The van der Waals surface area contributed by atoms with Crippen molar-refractivity contribution >= 4 is 28.4 Å². The zero-order chi connectivity index (χ0) is 22.4. The monoisotopic (exact) mass is 433 g/mol. The third kappa shape index (κ3) is 7.05. The first-order chi connectivity index (χ1) is 14.0. The number of likely N-dealkylation sites (tertiary alicyclic amines) is 1. The Bertz CT molecular complexity index is 752. The lowest BCUT2D eigenvalue weighted by Gasteiger charge is -2.44. The number of nitrogens with zero attached hydrogens (tertiary/aromatic N) is 1. The number of hydrogen-bond acceptors (Lipinski definition) is 6. The number of benzene rings is 1. The number of hydrogen-bond donors (Lipinski definition) is 1. The first kappa shape index (κ1) is 23.7. The summed E-state index contributed by atoms with van der Waals surface area (Å²) >= 11 is 0. The minimum Gasteiger partial charge on any atom is -0.464 e. The molecule has 0 saturated carbocycles. The number of piperidine rings is 1. The van der Waals surface area contributed by atoms with Gasteiger partial charge in [-0.15, -0.1) is 0 Å². The molecule has 3 radical (unpaired) electrons. The van der Waals surface area contributed by atoms with Crippen molar-refractivity contribution in [2.24, 2.45) is 0 Å². The number of carbonyl (C=O) groups excluding carboxylic acids is 3. The number of alkyl carbamates (subject to hydrolysis) is 1. The number of rotatable bonds is 5. The maximum absolute atomic E-state index is 12.7. The topological polar surface area (TPSA) is 94.2 Å². The highest BCUT2D eigenvalue weighted by molar-refractivity contribution is 6.17. The van der Waals surface area contributed by atoms with Gasteiger partial charge in [0.25, 0.3) is 0 Å². The fourth-order valence-electron chi connectivity index (χ4n) is 3.07. The highest BCUT2D eigenvalue weighted by atomic mass is 28.1. The summed E-state index contributed by atoms with van der Waals surface area (Å²) < 4.78 is 15.8. The van der Waals surface area contributed by atoms with E-state index in [-0.39, 0.29) is 19.8 Å². The second kappa shape index (κ2) is 9.97. The lowest BCUT2D eigenvalue weighted by atomic mass is 9.97. The van der Waals surface area contributed by atoms with Crippen molar-refractivity contribution in [3.8, 4) is 0 Å². The van der Waals surface area contributed by atoms with Crippen LogP contribution >= 0.6 is 0 Å². The molecule has 0 unspecified atom stereocenters. The van der Waals surface area contributed by atoms with E-state index in [9.17, 15) is 14.4 Å². The van der Waals surface area contributed by atoms with Gasteiger partial charge in [-0.2, -0.15) is 0 Å². The fourth-order valence-corrected chi connectivity index (χ4v) is 3.49. The molecule has 1 aliphatic heterocycles. The molecule has 163 valence electrons. The molecule has 1 N–H and O–H groups in total. The van der Waals surface area contributed by atoms with Gasteiger partial charge in [0, 0.05) is 11.7 Å². The molecule has 30 heavy (non-hydrogen) atoms. The van der Waals surface area contributed by atoms with Gasteiger partial charge >= 0.3 is 18.2 Å². The summed E-state index contributed by atoms with van der Waals surface area (Å²) in [6.45, 7) is 7.29. The Morgan fingerprint density at radius 2 is 1.87 bits per heavy atom. The Morgan fingerprint density at radius 1 is 1.20 bits per heavy atom. The molecule has 2 rings (SSSR count). The van der Waals surface area contributed by atoms with E-state index in [1.165, 1.54) is 4.90 Å². The standard InChI is InChI=1S/C21H29N2O6Si/c1-5-27-17(24)16-11-12-21(30,14-23(16)19(26)29-20(2,3)4)22-18(25)28-13-15-9-7-6-8-10-15/h6-10,16H,5,11-14H2,1-4H3,(H,22,25)/t16-,21+/m1/s1. The van der Waals surface area contributed by atoms with E-state index >= 15 is 0 Å². The van der Waals surface area contributed by atoms with Gasteiger partial charge in [-0.3, -0.25) is 4.90 Å². The molecular formula is C21H29N2O6Si.